The van der Waals surface area contributed by atoms with Crippen LogP contribution in [0.3, 0.4) is 0 Å². The van der Waals surface area contributed by atoms with Crippen LogP contribution in [0, 0.1) is 0 Å². The van der Waals surface area contributed by atoms with Crippen LogP contribution in [0.1, 0.15) is 5.01 Å². The number of thiazole rings is 1. The zero-order chi connectivity index (χ0) is 15.5. The van der Waals surface area contributed by atoms with Gasteiger partial charge in [-0.3, -0.25) is 0 Å². The molecular formula is C19H15NO2S. The van der Waals surface area contributed by atoms with Gasteiger partial charge in [-0.1, -0.05) is 36.4 Å². The normalized spacial score (nSPS) is 19.7. The molecule has 0 spiro atoms. The van der Waals surface area contributed by atoms with Crippen molar-refractivity contribution in [2.75, 3.05) is 6.61 Å². The highest BCUT2D eigenvalue weighted by molar-refractivity contribution is 7.18. The summed E-state index contributed by atoms with van der Waals surface area (Å²) >= 11 is 1.64. The Balaban J connectivity index is 1.68. The van der Waals surface area contributed by atoms with Crippen molar-refractivity contribution in [1.29, 1.82) is 0 Å². The molecule has 0 bridgehead atoms. The summed E-state index contributed by atoms with van der Waals surface area (Å²) < 4.78 is 13.1. The minimum absolute atomic E-state index is 0.373. The monoisotopic (exact) mass is 321 g/mol. The number of rotatable bonds is 4. The molecule has 3 aromatic rings. The molecule has 0 amide bonds. The topological polar surface area (TPSA) is 31.4 Å². The van der Waals surface area contributed by atoms with Gasteiger partial charge in [0.15, 0.2) is 0 Å². The quantitative estimate of drug-likeness (QED) is 0.700. The van der Waals surface area contributed by atoms with Crippen molar-refractivity contribution in [3.63, 3.8) is 0 Å². The molecule has 2 heterocycles. The summed E-state index contributed by atoms with van der Waals surface area (Å²) in [5, 5.41) is 0.898. The Kier molecular flexibility index (Phi) is 3.60. The van der Waals surface area contributed by atoms with Gasteiger partial charge in [-0.05, 0) is 36.4 Å². The van der Waals surface area contributed by atoms with Gasteiger partial charge < -0.3 is 9.47 Å². The number of fused-ring (bicyclic) bond motifs is 1. The number of benzene rings is 2. The summed E-state index contributed by atoms with van der Waals surface area (Å²) in [5.74, 6) is 0.819. The first-order chi connectivity index (χ1) is 11.4. The number of ether oxygens (including phenoxy) is 2. The molecule has 2 aromatic carbocycles. The molecule has 4 heteroatoms. The van der Waals surface area contributed by atoms with Crippen LogP contribution < -0.4 is 4.74 Å². The van der Waals surface area contributed by atoms with E-state index in [1.807, 2.05) is 66.8 Å². The van der Waals surface area contributed by atoms with Crippen molar-refractivity contribution in [1.82, 2.24) is 4.98 Å². The molecule has 1 unspecified atom stereocenters. The average molecular weight is 321 g/mol. The third-order valence-corrected chi connectivity index (χ3v) is 4.88. The van der Waals surface area contributed by atoms with E-state index in [2.05, 4.69) is 6.07 Å². The van der Waals surface area contributed by atoms with Gasteiger partial charge >= 0.3 is 0 Å². The standard InChI is InChI=1S/C19H15NO2S/c1-2-8-15(9-3-1)21-14-19(12-6-7-13-22-19)18-20-16-10-4-5-11-17(16)23-18/h1-13H,14H2. The van der Waals surface area contributed by atoms with E-state index in [1.165, 1.54) is 0 Å². The van der Waals surface area contributed by atoms with E-state index in [1.54, 1.807) is 17.6 Å². The zero-order valence-electron chi connectivity index (χ0n) is 12.4. The summed E-state index contributed by atoms with van der Waals surface area (Å²) in [7, 11) is 0. The number of hydrogen-bond acceptors (Lipinski definition) is 4. The predicted molar refractivity (Wildman–Crippen MR) is 92.6 cm³/mol. The molecule has 1 aromatic heterocycles. The molecule has 3 nitrogen and oxygen atoms in total. The van der Waals surface area contributed by atoms with Crippen LogP contribution in [0.15, 0.2) is 79.1 Å². The molecule has 23 heavy (non-hydrogen) atoms. The number of aromatic nitrogens is 1. The number of para-hydroxylation sites is 2. The third-order valence-electron chi connectivity index (χ3n) is 3.69. The second-order valence-corrected chi connectivity index (χ2v) is 6.31. The zero-order valence-corrected chi connectivity index (χ0v) is 13.2. The van der Waals surface area contributed by atoms with Crippen LogP contribution in [0.4, 0.5) is 0 Å². The summed E-state index contributed by atoms with van der Waals surface area (Å²) in [6.45, 7) is 0.373. The fourth-order valence-corrected chi connectivity index (χ4v) is 3.55. The first-order valence-electron chi connectivity index (χ1n) is 7.42. The summed E-state index contributed by atoms with van der Waals surface area (Å²) in [4.78, 5) is 4.75. The highest BCUT2D eigenvalue weighted by Gasteiger charge is 2.36. The van der Waals surface area contributed by atoms with Crippen LogP contribution in [0.5, 0.6) is 5.75 Å². The second kappa shape index (κ2) is 5.89. The van der Waals surface area contributed by atoms with Crippen LogP contribution in [-0.4, -0.2) is 11.6 Å². The van der Waals surface area contributed by atoms with Crippen LogP contribution in [0.25, 0.3) is 10.2 Å². The largest absolute Gasteiger partial charge is 0.489 e. The predicted octanol–water partition coefficient (Wildman–Crippen LogP) is 4.67. The maximum atomic E-state index is 5.96. The number of allylic oxidation sites excluding steroid dienone is 2. The van der Waals surface area contributed by atoms with Gasteiger partial charge in [0.05, 0.1) is 16.5 Å². The van der Waals surface area contributed by atoms with E-state index >= 15 is 0 Å². The van der Waals surface area contributed by atoms with Crippen molar-refractivity contribution in [2.24, 2.45) is 0 Å². The maximum absolute atomic E-state index is 5.96. The molecule has 1 aliphatic heterocycles. The van der Waals surface area contributed by atoms with E-state index in [0.29, 0.717) is 6.61 Å². The summed E-state index contributed by atoms with van der Waals surface area (Å²) in [6.07, 6.45) is 7.55. The Bertz CT molecular complexity index is 836. The van der Waals surface area contributed by atoms with Gasteiger partial charge in [0.1, 0.15) is 17.4 Å². The molecule has 0 radical (unpaired) electrons. The smallest absolute Gasteiger partial charge is 0.211 e. The van der Waals surface area contributed by atoms with E-state index < -0.39 is 5.60 Å². The molecule has 1 atom stereocenters. The van der Waals surface area contributed by atoms with Crippen LogP contribution in [0.2, 0.25) is 0 Å². The minimum atomic E-state index is -0.686. The lowest BCUT2D eigenvalue weighted by atomic mass is 10.0. The number of nitrogens with zero attached hydrogens (tertiary/aromatic N) is 1. The van der Waals surface area contributed by atoms with E-state index in [-0.39, 0.29) is 0 Å². The molecule has 114 valence electrons. The minimum Gasteiger partial charge on any atom is -0.489 e. The fourth-order valence-electron chi connectivity index (χ4n) is 2.48. The van der Waals surface area contributed by atoms with E-state index in [9.17, 15) is 0 Å². The lowest BCUT2D eigenvalue weighted by Crippen LogP contribution is -2.34. The highest BCUT2D eigenvalue weighted by atomic mass is 32.1. The molecule has 1 aliphatic rings. The first kappa shape index (κ1) is 14.0. The van der Waals surface area contributed by atoms with Gasteiger partial charge in [0.25, 0.3) is 0 Å². The lowest BCUT2D eigenvalue weighted by Gasteiger charge is -2.29. The van der Waals surface area contributed by atoms with Crippen molar-refractivity contribution in [3.05, 3.63) is 84.1 Å². The summed E-state index contributed by atoms with van der Waals surface area (Å²) in [6, 6.07) is 17.9. The third kappa shape index (κ3) is 2.73. The first-order valence-corrected chi connectivity index (χ1v) is 8.23. The Morgan fingerprint density at radius 3 is 2.61 bits per heavy atom. The molecule has 0 fully saturated rings. The summed E-state index contributed by atoms with van der Waals surface area (Å²) in [5.41, 5.74) is 0.298. The Hall–Kier alpha value is -2.59. The highest BCUT2D eigenvalue weighted by Crippen LogP contribution is 2.36. The van der Waals surface area contributed by atoms with Gasteiger partial charge in [0, 0.05) is 0 Å². The van der Waals surface area contributed by atoms with Crippen molar-refractivity contribution in [2.45, 2.75) is 5.60 Å². The molecule has 0 saturated carbocycles. The molecular weight excluding hydrogens is 306 g/mol. The van der Waals surface area contributed by atoms with Crippen molar-refractivity contribution < 1.29 is 9.47 Å². The molecule has 0 saturated heterocycles. The van der Waals surface area contributed by atoms with Gasteiger partial charge in [-0.2, -0.15) is 0 Å². The van der Waals surface area contributed by atoms with E-state index in [4.69, 9.17) is 14.5 Å². The second-order valence-electron chi connectivity index (χ2n) is 5.28. The Morgan fingerprint density at radius 2 is 1.83 bits per heavy atom. The number of hydrogen-bond donors (Lipinski definition) is 0. The van der Waals surface area contributed by atoms with E-state index in [0.717, 1.165) is 21.0 Å². The molecule has 0 aliphatic carbocycles. The molecule has 0 N–H and O–H groups in total. The fraction of sp³-hybridized carbons (Fsp3) is 0.105. The maximum Gasteiger partial charge on any atom is 0.211 e. The van der Waals surface area contributed by atoms with Gasteiger partial charge in [0.2, 0.25) is 5.60 Å². The Morgan fingerprint density at radius 1 is 1.00 bits per heavy atom. The van der Waals surface area contributed by atoms with Crippen LogP contribution in [-0.2, 0) is 10.3 Å². The van der Waals surface area contributed by atoms with Gasteiger partial charge in [-0.25, -0.2) is 4.98 Å². The average Bonchev–Trinajstić information content (AvgIpc) is 3.07. The Labute approximate surface area is 138 Å². The van der Waals surface area contributed by atoms with Gasteiger partial charge in [-0.15, -0.1) is 11.3 Å². The SMILES string of the molecule is C1=COC(COc2ccccc2)(c2nc3ccccc3s2)C=C1. The molecule has 4 rings (SSSR count). The van der Waals surface area contributed by atoms with Crippen LogP contribution >= 0.6 is 11.3 Å². The van der Waals surface area contributed by atoms with Crippen molar-refractivity contribution >= 4 is 21.6 Å². The lowest BCUT2D eigenvalue weighted by molar-refractivity contribution is 0.0160. The van der Waals surface area contributed by atoms with Crippen molar-refractivity contribution in [3.8, 4) is 5.75 Å².